The van der Waals surface area contributed by atoms with Gasteiger partial charge >= 0.3 is 0 Å². The average molecular weight is 464 g/mol. The lowest BCUT2D eigenvalue weighted by atomic mass is 10.2. The Kier molecular flexibility index (Phi) is 7.46. The molecule has 2 aromatic rings. The average Bonchev–Trinajstić information content (AvgIpc) is 2.58. The van der Waals surface area contributed by atoms with E-state index in [4.69, 9.17) is 4.43 Å². The smallest absolute Gasteiger partial charge is 0.261 e. The number of rotatable bonds is 8. The van der Waals surface area contributed by atoms with Crippen LogP contribution in [0.2, 0.25) is 5.04 Å². The van der Waals surface area contributed by atoms with E-state index in [9.17, 15) is 0 Å². The third kappa shape index (κ3) is 5.05. The van der Waals surface area contributed by atoms with Gasteiger partial charge in [0.25, 0.3) is 8.32 Å². The Morgan fingerprint density at radius 2 is 1.40 bits per heavy atom. The zero-order chi connectivity index (χ0) is 18.3. The maximum atomic E-state index is 6.85. The van der Waals surface area contributed by atoms with Gasteiger partial charge in [-0.15, -0.1) is 0 Å². The summed E-state index contributed by atoms with van der Waals surface area (Å²) in [6, 6.07) is 21.7. The first-order chi connectivity index (χ1) is 11.9. The highest BCUT2D eigenvalue weighted by Gasteiger charge is 2.49. The molecule has 0 saturated heterocycles. The molecular weight excluding hydrogens is 435 g/mol. The van der Waals surface area contributed by atoms with Crippen molar-refractivity contribution in [1.82, 2.24) is 0 Å². The molecular formula is C22H29IOSi. The fourth-order valence-electron chi connectivity index (χ4n) is 3.41. The number of unbranched alkanes of at least 4 members (excludes halogenated alkanes) is 1. The minimum Gasteiger partial charge on any atom is -0.407 e. The van der Waals surface area contributed by atoms with Crippen molar-refractivity contribution in [1.29, 1.82) is 0 Å². The van der Waals surface area contributed by atoms with Crippen LogP contribution in [0.25, 0.3) is 0 Å². The van der Waals surface area contributed by atoms with Gasteiger partial charge in [0.15, 0.2) is 0 Å². The zero-order valence-electron chi connectivity index (χ0n) is 15.6. The van der Waals surface area contributed by atoms with Gasteiger partial charge in [0.1, 0.15) is 0 Å². The molecule has 1 nitrogen and oxygen atoms in total. The second-order valence-corrected chi connectivity index (χ2v) is 13.3. The van der Waals surface area contributed by atoms with Gasteiger partial charge in [0.2, 0.25) is 0 Å². The third-order valence-corrected chi connectivity index (χ3v) is 10.2. The SMILES string of the molecule is C=C(I)CCCCO[Si](c1ccccc1)(c1ccccc1)C(C)(C)C. The summed E-state index contributed by atoms with van der Waals surface area (Å²) < 4.78 is 8.08. The van der Waals surface area contributed by atoms with Gasteiger partial charge in [-0.2, -0.15) is 0 Å². The maximum Gasteiger partial charge on any atom is 0.261 e. The molecule has 0 radical (unpaired) electrons. The van der Waals surface area contributed by atoms with E-state index in [1.165, 1.54) is 14.0 Å². The quantitative estimate of drug-likeness (QED) is 0.277. The van der Waals surface area contributed by atoms with E-state index in [1.54, 1.807) is 0 Å². The molecule has 2 aromatic carbocycles. The summed E-state index contributed by atoms with van der Waals surface area (Å²) in [4.78, 5) is 0. The van der Waals surface area contributed by atoms with Crippen molar-refractivity contribution in [2.75, 3.05) is 6.61 Å². The standard InChI is InChI=1S/C22H29IOSi/c1-19(23)13-11-12-18-24-25(22(2,3)4,20-14-7-5-8-15-20)21-16-9-6-10-17-21/h5-10,14-17H,1,11-13,18H2,2-4H3. The Labute approximate surface area is 167 Å². The first kappa shape index (κ1) is 20.4. The van der Waals surface area contributed by atoms with Crippen LogP contribution in [0, 0.1) is 0 Å². The Balaban J connectivity index is 2.37. The molecule has 0 aromatic heterocycles. The fourth-order valence-corrected chi connectivity index (χ4v) is 8.39. The summed E-state index contributed by atoms with van der Waals surface area (Å²) in [5.74, 6) is 0. The van der Waals surface area contributed by atoms with Crippen molar-refractivity contribution < 1.29 is 4.43 Å². The summed E-state index contributed by atoms with van der Waals surface area (Å²) >= 11 is 2.32. The van der Waals surface area contributed by atoms with Crippen molar-refractivity contribution in [2.45, 2.75) is 45.1 Å². The van der Waals surface area contributed by atoms with E-state index >= 15 is 0 Å². The van der Waals surface area contributed by atoms with Crippen LogP contribution in [0.1, 0.15) is 40.0 Å². The molecule has 0 amide bonds. The van der Waals surface area contributed by atoms with Crippen LogP contribution in [-0.4, -0.2) is 14.9 Å². The molecule has 134 valence electrons. The van der Waals surface area contributed by atoms with Crippen LogP contribution < -0.4 is 10.4 Å². The molecule has 0 fully saturated rings. The second-order valence-electron chi connectivity index (χ2n) is 7.49. The van der Waals surface area contributed by atoms with Crippen LogP contribution in [0.3, 0.4) is 0 Å². The van der Waals surface area contributed by atoms with Crippen molar-refractivity contribution in [3.63, 3.8) is 0 Å². The maximum absolute atomic E-state index is 6.85. The van der Waals surface area contributed by atoms with E-state index in [-0.39, 0.29) is 5.04 Å². The van der Waals surface area contributed by atoms with Crippen molar-refractivity contribution in [3.8, 4) is 0 Å². The summed E-state index contributed by atoms with van der Waals surface area (Å²) in [5.41, 5.74) is 0. The lowest BCUT2D eigenvalue weighted by Gasteiger charge is -2.43. The molecule has 3 heteroatoms. The Hall–Kier alpha value is -0.913. The summed E-state index contributed by atoms with van der Waals surface area (Å²) in [5, 5.41) is 2.77. The lowest BCUT2D eigenvalue weighted by molar-refractivity contribution is 0.289. The van der Waals surface area contributed by atoms with Crippen LogP contribution in [0.15, 0.2) is 70.8 Å². The molecule has 2 rings (SSSR count). The van der Waals surface area contributed by atoms with Gasteiger partial charge in [0.05, 0.1) is 0 Å². The van der Waals surface area contributed by atoms with Crippen molar-refractivity contribution >= 4 is 41.3 Å². The molecule has 0 heterocycles. The first-order valence-electron chi connectivity index (χ1n) is 8.96. The molecule has 0 aliphatic carbocycles. The van der Waals surface area contributed by atoms with E-state index in [2.05, 4.69) is 111 Å². The van der Waals surface area contributed by atoms with Gasteiger partial charge in [-0.25, -0.2) is 0 Å². The Morgan fingerprint density at radius 3 is 1.80 bits per heavy atom. The molecule has 0 aliphatic rings. The topological polar surface area (TPSA) is 9.23 Å². The molecule has 0 unspecified atom stereocenters. The van der Waals surface area contributed by atoms with E-state index in [1.807, 2.05) is 0 Å². The molecule has 0 bridgehead atoms. The molecule has 0 spiro atoms. The Bertz CT molecular complexity index is 622. The lowest BCUT2D eigenvalue weighted by Crippen LogP contribution is -2.66. The first-order valence-corrected chi connectivity index (χ1v) is 11.9. The third-order valence-electron chi connectivity index (χ3n) is 4.58. The molecule has 0 aliphatic heterocycles. The van der Waals surface area contributed by atoms with E-state index in [0.29, 0.717) is 0 Å². The van der Waals surface area contributed by atoms with Crippen LogP contribution in [-0.2, 0) is 4.43 Å². The normalized spacial score (nSPS) is 12.2. The number of halogens is 1. The summed E-state index contributed by atoms with van der Waals surface area (Å²) in [6.45, 7) is 11.8. The molecule has 0 N–H and O–H groups in total. The minimum absolute atomic E-state index is 0.0581. The molecule has 0 saturated carbocycles. The monoisotopic (exact) mass is 464 g/mol. The highest BCUT2D eigenvalue weighted by atomic mass is 127. The van der Waals surface area contributed by atoms with Gasteiger partial charge in [-0.3, -0.25) is 0 Å². The van der Waals surface area contributed by atoms with E-state index < -0.39 is 8.32 Å². The van der Waals surface area contributed by atoms with Gasteiger partial charge < -0.3 is 4.43 Å². The number of allylic oxidation sites excluding steroid dienone is 1. The summed E-state index contributed by atoms with van der Waals surface area (Å²) in [7, 11) is -2.35. The highest BCUT2D eigenvalue weighted by Crippen LogP contribution is 2.36. The summed E-state index contributed by atoms with van der Waals surface area (Å²) in [6.07, 6.45) is 3.29. The largest absolute Gasteiger partial charge is 0.407 e. The fraction of sp³-hybridized carbons (Fsp3) is 0.364. The number of benzene rings is 2. The number of hydrogen-bond donors (Lipinski definition) is 0. The number of hydrogen-bond acceptors (Lipinski definition) is 1. The van der Waals surface area contributed by atoms with Gasteiger partial charge in [0, 0.05) is 6.61 Å². The predicted molar refractivity (Wildman–Crippen MR) is 121 cm³/mol. The molecule has 0 atom stereocenters. The van der Waals surface area contributed by atoms with Crippen LogP contribution in [0.4, 0.5) is 0 Å². The zero-order valence-corrected chi connectivity index (χ0v) is 18.8. The van der Waals surface area contributed by atoms with Crippen molar-refractivity contribution in [2.24, 2.45) is 0 Å². The second kappa shape index (κ2) is 9.15. The highest BCUT2D eigenvalue weighted by molar-refractivity contribution is 14.1. The minimum atomic E-state index is -2.35. The Morgan fingerprint density at radius 1 is 0.920 bits per heavy atom. The molecule has 25 heavy (non-hydrogen) atoms. The van der Waals surface area contributed by atoms with Crippen molar-refractivity contribution in [3.05, 3.63) is 70.8 Å². The van der Waals surface area contributed by atoms with E-state index in [0.717, 1.165) is 25.9 Å². The predicted octanol–water partition coefficient (Wildman–Crippen LogP) is 5.68. The van der Waals surface area contributed by atoms with Gasteiger partial charge in [-0.05, 0) is 60.8 Å². The van der Waals surface area contributed by atoms with Gasteiger partial charge in [-0.1, -0.05) is 88.0 Å². The van der Waals surface area contributed by atoms with Crippen LogP contribution in [0.5, 0.6) is 0 Å². The van der Waals surface area contributed by atoms with Crippen LogP contribution >= 0.6 is 22.6 Å².